The third-order valence-corrected chi connectivity index (χ3v) is 2.80. The van der Waals surface area contributed by atoms with E-state index in [0.717, 1.165) is 0 Å². The minimum Gasteiger partial charge on any atom is -0.382 e. The zero-order valence-electron chi connectivity index (χ0n) is 8.25. The lowest BCUT2D eigenvalue weighted by atomic mass is 9.82. The van der Waals surface area contributed by atoms with Crippen molar-refractivity contribution in [1.82, 2.24) is 0 Å². The first-order chi connectivity index (χ1) is 6.04. The van der Waals surface area contributed by atoms with Gasteiger partial charge in [0.25, 0.3) is 0 Å². The lowest BCUT2D eigenvalue weighted by Crippen LogP contribution is -2.46. The Kier molecular flexibility index (Phi) is 3.29. The molecule has 1 rings (SSSR count). The molecular formula is C9H18O4. The fourth-order valence-corrected chi connectivity index (χ4v) is 1.78. The van der Waals surface area contributed by atoms with Gasteiger partial charge in [0.2, 0.25) is 0 Å². The maximum atomic E-state index is 9.33. The van der Waals surface area contributed by atoms with E-state index >= 15 is 0 Å². The van der Waals surface area contributed by atoms with E-state index in [1.165, 1.54) is 0 Å². The third-order valence-electron chi connectivity index (χ3n) is 2.80. The summed E-state index contributed by atoms with van der Waals surface area (Å²) in [5.74, 6) is -1.50. The number of methoxy groups -OCH3 is 2. The molecule has 0 radical (unpaired) electrons. The molecule has 1 aliphatic rings. The van der Waals surface area contributed by atoms with E-state index < -0.39 is 5.79 Å². The second-order valence-electron chi connectivity index (χ2n) is 3.80. The van der Waals surface area contributed by atoms with Gasteiger partial charge in [0.1, 0.15) is 0 Å². The Morgan fingerprint density at radius 1 is 1.08 bits per heavy atom. The van der Waals surface area contributed by atoms with Gasteiger partial charge in [-0.25, -0.2) is 0 Å². The van der Waals surface area contributed by atoms with Crippen molar-refractivity contribution in [3.63, 3.8) is 0 Å². The van der Waals surface area contributed by atoms with Gasteiger partial charge in [-0.2, -0.15) is 0 Å². The zero-order valence-corrected chi connectivity index (χ0v) is 8.25. The summed E-state index contributed by atoms with van der Waals surface area (Å²) in [4.78, 5) is 0. The molecule has 78 valence electrons. The topological polar surface area (TPSA) is 58.9 Å². The van der Waals surface area contributed by atoms with Crippen LogP contribution in [0.2, 0.25) is 0 Å². The Balaban J connectivity index is 2.52. The Hall–Kier alpha value is -0.160. The molecule has 0 aromatic carbocycles. The van der Waals surface area contributed by atoms with E-state index in [4.69, 9.17) is 9.47 Å². The van der Waals surface area contributed by atoms with Gasteiger partial charge in [-0.15, -0.1) is 0 Å². The average molecular weight is 190 g/mol. The number of hydrogen-bond donors (Lipinski definition) is 2. The van der Waals surface area contributed by atoms with Crippen LogP contribution in [0.5, 0.6) is 0 Å². The molecule has 0 atom stereocenters. The number of hydrogen-bond acceptors (Lipinski definition) is 4. The summed E-state index contributed by atoms with van der Waals surface area (Å²) < 4.78 is 10.4. The van der Waals surface area contributed by atoms with Gasteiger partial charge in [-0.1, -0.05) is 0 Å². The first-order valence-electron chi connectivity index (χ1n) is 4.52. The first-order valence-corrected chi connectivity index (χ1v) is 4.52. The summed E-state index contributed by atoms with van der Waals surface area (Å²) in [5.41, 5.74) is -0.316. The monoisotopic (exact) mass is 190 g/mol. The van der Waals surface area contributed by atoms with Crippen LogP contribution in [0.15, 0.2) is 0 Å². The second kappa shape index (κ2) is 3.92. The molecule has 2 N–H and O–H groups in total. The maximum absolute atomic E-state index is 9.33. The molecule has 4 heteroatoms. The Bertz CT molecular complexity index is 157. The van der Waals surface area contributed by atoms with E-state index in [9.17, 15) is 10.2 Å². The van der Waals surface area contributed by atoms with Crippen molar-refractivity contribution in [3.05, 3.63) is 0 Å². The highest BCUT2D eigenvalue weighted by Crippen LogP contribution is 2.35. The minimum absolute atomic E-state index is 0.316. The zero-order chi connectivity index (χ0) is 9.95. The quantitative estimate of drug-likeness (QED) is 0.627. The molecule has 0 aliphatic heterocycles. The van der Waals surface area contributed by atoms with E-state index in [1.54, 1.807) is 14.2 Å². The van der Waals surface area contributed by atoms with Gasteiger partial charge in [0.05, 0.1) is 12.2 Å². The van der Waals surface area contributed by atoms with Crippen LogP contribution in [-0.4, -0.2) is 42.4 Å². The SMILES string of the molecule is COCC1(OC)CCC(O)(O)CC1. The average Bonchev–Trinajstić information content (AvgIpc) is 2.10. The third kappa shape index (κ3) is 2.64. The molecule has 0 bridgehead atoms. The first kappa shape index (κ1) is 10.9. The predicted molar refractivity (Wildman–Crippen MR) is 47.3 cm³/mol. The van der Waals surface area contributed by atoms with Crippen LogP contribution in [0, 0.1) is 0 Å². The molecule has 0 aromatic rings. The summed E-state index contributed by atoms with van der Waals surface area (Å²) in [5, 5.41) is 18.7. The standard InChI is InChI=1S/C9H18O4/c1-12-7-8(13-2)3-5-9(10,11)6-4-8/h10-11H,3-7H2,1-2H3. The van der Waals surface area contributed by atoms with Gasteiger partial charge < -0.3 is 19.7 Å². The molecule has 0 heterocycles. The van der Waals surface area contributed by atoms with E-state index in [2.05, 4.69) is 0 Å². The fraction of sp³-hybridized carbons (Fsp3) is 1.00. The molecule has 1 fully saturated rings. The predicted octanol–water partition coefficient (Wildman–Crippen LogP) is 0.273. The van der Waals surface area contributed by atoms with Crippen LogP contribution >= 0.6 is 0 Å². The Morgan fingerprint density at radius 2 is 1.62 bits per heavy atom. The van der Waals surface area contributed by atoms with E-state index in [1.807, 2.05) is 0 Å². The van der Waals surface area contributed by atoms with Gasteiger partial charge in [0, 0.05) is 27.1 Å². The largest absolute Gasteiger partial charge is 0.382 e. The molecular weight excluding hydrogens is 172 g/mol. The van der Waals surface area contributed by atoms with E-state index in [-0.39, 0.29) is 5.60 Å². The molecule has 0 spiro atoms. The summed E-state index contributed by atoms with van der Waals surface area (Å²) in [7, 11) is 3.27. The number of ether oxygens (including phenoxy) is 2. The summed E-state index contributed by atoms with van der Waals surface area (Å²) >= 11 is 0. The van der Waals surface area contributed by atoms with Gasteiger partial charge >= 0.3 is 0 Å². The summed E-state index contributed by atoms with van der Waals surface area (Å²) in [6.07, 6.45) is 1.96. The molecule has 0 aromatic heterocycles. The normalized spacial score (nSPS) is 25.8. The minimum atomic E-state index is -1.50. The van der Waals surface area contributed by atoms with Gasteiger partial charge in [-0.3, -0.25) is 0 Å². The summed E-state index contributed by atoms with van der Waals surface area (Å²) in [6.45, 7) is 0.513. The van der Waals surface area contributed by atoms with Crippen molar-refractivity contribution in [2.45, 2.75) is 37.1 Å². The molecule has 13 heavy (non-hydrogen) atoms. The number of rotatable bonds is 3. The van der Waals surface area contributed by atoms with Crippen LogP contribution in [0.4, 0.5) is 0 Å². The molecule has 1 saturated carbocycles. The van der Waals surface area contributed by atoms with Crippen molar-refractivity contribution < 1.29 is 19.7 Å². The Morgan fingerprint density at radius 3 is 2.00 bits per heavy atom. The van der Waals surface area contributed by atoms with Crippen molar-refractivity contribution in [2.24, 2.45) is 0 Å². The lowest BCUT2D eigenvalue weighted by molar-refractivity contribution is -0.216. The van der Waals surface area contributed by atoms with Crippen molar-refractivity contribution in [2.75, 3.05) is 20.8 Å². The lowest BCUT2D eigenvalue weighted by Gasteiger charge is -2.40. The van der Waals surface area contributed by atoms with Crippen molar-refractivity contribution in [3.8, 4) is 0 Å². The fourth-order valence-electron chi connectivity index (χ4n) is 1.78. The molecule has 0 unspecified atom stereocenters. The molecule has 4 nitrogen and oxygen atoms in total. The number of aliphatic hydroxyl groups is 2. The van der Waals surface area contributed by atoms with Crippen LogP contribution in [0.25, 0.3) is 0 Å². The van der Waals surface area contributed by atoms with Gasteiger partial charge in [0.15, 0.2) is 5.79 Å². The highest BCUT2D eigenvalue weighted by Gasteiger charge is 2.40. The van der Waals surface area contributed by atoms with Crippen LogP contribution in [-0.2, 0) is 9.47 Å². The van der Waals surface area contributed by atoms with Crippen LogP contribution in [0.3, 0.4) is 0 Å². The van der Waals surface area contributed by atoms with Crippen LogP contribution < -0.4 is 0 Å². The van der Waals surface area contributed by atoms with Gasteiger partial charge in [-0.05, 0) is 12.8 Å². The second-order valence-corrected chi connectivity index (χ2v) is 3.80. The maximum Gasteiger partial charge on any atom is 0.162 e. The molecule has 1 aliphatic carbocycles. The Labute approximate surface area is 78.5 Å². The highest BCUT2D eigenvalue weighted by atomic mass is 16.5. The molecule has 0 saturated heterocycles. The summed E-state index contributed by atoms with van der Waals surface area (Å²) in [6, 6.07) is 0. The smallest absolute Gasteiger partial charge is 0.162 e. The molecule has 0 amide bonds. The van der Waals surface area contributed by atoms with E-state index in [0.29, 0.717) is 32.3 Å². The van der Waals surface area contributed by atoms with Crippen molar-refractivity contribution >= 4 is 0 Å². The highest BCUT2D eigenvalue weighted by molar-refractivity contribution is 4.89. The van der Waals surface area contributed by atoms with Crippen molar-refractivity contribution in [1.29, 1.82) is 0 Å². The van der Waals surface area contributed by atoms with Crippen LogP contribution in [0.1, 0.15) is 25.7 Å².